The van der Waals surface area contributed by atoms with Crippen LogP contribution < -0.4 is 0 Å². The molecule has 0 aromatic heterocycles. The minimum absolute atomic E-state index is 0.0895. The van der Waals surface area contributed by atoms with Gasteiger partial charge in [0.15, 0.2) is 5.78 Å². The lowest BCUT2D eigenvalue weighted by molar-refractivity contribution is -0.143. The zero-order chi connectivity index (χ0) is 24.1. The molecule has 3 unspecified atom stereocenters. The van der Waals surface area contributed by atoms with E-state index in [4.69, 9.17) is 9.94 Å². The highest BCUT2D eigenvalue weighted by atomic mass is 16.5. The number of hydrogen-bond donors (Lipinski definition) is 2. The summed E-state index contributed by atoms with van der Waals surface area (Å²) in [6, 6.07) is 8.27. The van der Waals surface area contributed by atoms with Crippen LogP contribution in [0.4, 0.5) is 0 Å². The van der Waals surface area contributed by atoms with Gasteiger partial charge in [0.2, 0.25) is 0 Å². The number of carbonyl (C=O) groups excluding carboxylic acids is 1. The Morgan fingerprint density at radius 1 is 1.18 bits per heavy atom. The summed E-state index contributed by atoms with van der Waals surface area (Å²) in [5.41, 5.74) is 5.20. The first-order chi connectivity index (χ1) is 16.3. The Morgan fingerprint density at radius 3 is 2.65 bits per heavy atom. The molecule has 2 saturated carbocycles. The van der Waals surface area contributed by atoms with Crippen LogP contribution in [-0.4, -0.2) is 40.6 Å². The van der Waals surface area contributed by atoms with Gasteiger partial charge in [-0.1, -0.05) is 41.9 Å². The van der Waals surface area contributed by atoms with E-state index in [2.05, 4.69) is 24.2 Å². The number of nitrogens with zero attached hydrogens (tertiary/aromatic N) is 1. The average molecular weight is 464 g/mol. The van der Waals surface area contributed by atoms with Gasteiger partial charge >= 0.3 is 0 Å². The van der Waals surface area contributed by atoms with Crippen molar-refractivity contribution in [1.82, 2.24) is 0 Å². The van der Waals surface area contributed by atoms with Gasteiger partial charge in [-0.05, 0) is 92.6 Å². The van der Waals surface area contributed by atoms with Gasteiger partial charge in [0.05, 0.1) is 24.5 Å². The lowest BCUT2D eigenvalue weighted by Crippen LogP contribution is -2.54. The molecular weight excluding hydrogens is 426 g/mol. The molecule has 0 saturated heterocycles. The van der Waals surface area contributed by atoms with Crippen molar-refractivity contribution in [3.05, 3.63) is 58.2 Å². The van der Waals surface area contributed by atoms with Crippen molar-refractivity contribution in [2.24, 2.45) is 22.4 Å². The summed E-state index contributed by atoms with van der Waals surface area (Å²) in [7, 11) is 0. The molecule has 4 aliphatic carbocycles. The molecule has 0 bridgehead atoms. The van der Waals surface area contributed by atoms with Crippen molar-refractivity contribution in [2.75, 3.05) is 6.61 Å². The number of oxime groups is 1. The van der Waals surface area contributed by atoms with Crippen molar-refractivity contribution >= 4 is 12.0 Å². The fraction of sp³-hybridized carbons (Fsp3) is 0.586. The third-order valence-electron chi connectivity index (χ3n) is 9.26. The highest BCUT2D eigenvalue weighted by molar-refractivity contribution is 5.93. The molecule has 0 spiro atoms. The minimum atomic E-state index is -0.835. The molecule has 5 nitrogen and oxygen atoms in total. The zero-order valence-corrected chi connectivity index (χ0v) is 20.6. The third kappa shape index (κ3) is 3.77. The first kappa shape index (κ1) is 23.5. The molecule has 5 heteroatoms. The molecular formula is C29H37NO4. The van der Waals surface area contributed by atoms with Crippen molar-refractivity contribution < 1.29 is 19.8 Å². The molecule has 2 fully saturated rings. The maximum atomic E-state index is 12.2. The highest BCUT2D eigenvalue weighted by Crippen LogP contribution is 2.66. The van der Waals surface area contributed by atoms with Gasteiger partial charge in [0, 0.05) is 17.8 Å². The Balaban J connectivity index is 1.61. The fourth-order valence-corrected chi connectivity index (χ4v) is 7.48. The number of allylic oxidation sites excluding steroid dienone is 4. The minimum Gasteiger partial charge on any atom is -0.411 e. The van der Waals surface area contributed by atoms with E-state index in [1.807, 2.05) is 32.1 Å². The topological polar surface area (TPSA) is 79.1 Å². The zero-order valence-electron chi connectivity index (χ0n) is 20.6. The molecule has 0 aliphatic heterocycles. The van der Waals surface area contributed by atoms with E-state index in [1.165, 1.54) is 28.5 Å². The summed E-state index contributed by atoms with van der Waals surface area (Å²) in [5.74, 6) is 1.30. The largest absolute Gasteiger partial charge is 0.411 e. The lowest BCUT2D eigenvalue weighted by atomic mass is 9.51. The molecule has 1 aromatic rings. The van der Waals surface area contributed by atoms with Gasteiger partial charge < -0.3 is 15.1 Å². The van der Waals surface area contributed by atoms with Gasteiger partial charge in [-0.25, -0.2) is 0 Å². The summed E-state index contributed by atoms with van der Waals surface area (Å²) < 4.78 is 6.01. The van der Waals surface area contributed by atoms with Crippen LogP contribution in [0.15, 0.2) is 52.2 Å². The molecule has 182 valence electrons. The number of fused-ring (bicyclic) bond motifs is 4. The van der Waals surface area contributed by atoms with Crippen molar-refractivity contribution in [3.63, 3.8) is 0 Å². The van der Waals surface area contributed by atoms with E-state index in [1.54, 1.807) is 0 Å². The Hall–Kier alpha value is -2.24. The molecule has 0 heterocycles. The van der Waals surface area contributed by atoms with E-state index < -0.39 is 5.60 Å². The second-order valence-corrected chi connectivity index (χ2v) is 11.3. The monoisotopic (exact) mass is 463 g/mol. The smallest absolute Gasteiger partial charge is 0.156 e. The van der Waals surface area contributed by atoms with E-state index in [-0.39, 0.29) is 23.2 Å². The maximum Gasteiger partial charge on any atom is 0.156 e. The van der Waals surface area contributed by atoms with Crippen LogP contribution in [-0.2, 0) is 9.53 Å². The van der Waals surface area contributed by atoms with Gasteiger partial charge in [0.1, 0.15) is 0 Å². The average Bonchev–Trinajstić information content (AvgIpc) is 3.08. The Bertz CT molecular complexity index is 1050. The summed E-state index contributed by atoms with van der Waals surface area (Å²) in [6.07, 6.45) is 9.55. The number of ketones is 1. The molecule has 2 N–H and O–H groups in total. The summed E-state index contributed by atoms with van der Waals surface area (Å²) >= 11 is 0. The maximum absolute atomic E-state index is 12.2. The van der Waals surface area contributed by atoms with E-state index >= 15 is 0 Å². The van der Waals surface area contributed by atoms with Crippen LogP contribution in [0, 0.1) is 17.3 Å². The van der Waals surface area contributed by atoms with E-state index in [9.17, 15) is 9.90 Å². The molecule has 0 radical (unpaired) electrons. The lowest BCUT2D eigenvalue weighted by Gasteiger charge is -2.55. The van der Waals surface area contributed by atoms with E-state index in [0.29, 0.717) is 24.9 Å². The summed E-state index contributed by atoms with van der Waals surface area (Å²) in [6.45, 7) is 6.74. The number of hydrogen-bond acceptors (Lipinski definition) is 5. The molecule has 5 atom stereocenters. The van der Waals surface area contributed by atoms with Gasteiger partial charge in [-0.3, -0.25) is 4.79 Å². The van der Waals surface area contributed by atoms with Crippen molar-refractivity contribution in [1.29, 1.82) is 0 Å². The number of ether oxygens (including phenoxy) is 1. The Morgan fingerprint density at radius 2 is 1.94 bits per heavy atom. The predicted octanol–water partition coefficient (Wildman–Crippen LogP) is 5.55. The second-order valence-electron chi connectivity index (χ2n) is 11.3. The standard InChI is InChI=1S/C29H37NO4/c1-18(2)34-17-29(32)13-12-26-24-10-8-21-14-22(31)9-11-23(21)27(24)25(15-28(26,29)3)20-6-4-19(5-7-20)16-30-33/h4-7,14,16,18,24-26,32-33H,8-13,15,17H2,1-3H3/b30-16+/t24?,25-,26?,28?,29-/m1/s1. The predicted molar refractivity (Wildman–Crippen MR) is 132 cm³/mol. The third-order valence-corrected chi connectivity index (χ3v) is 9.26. The number of rotatable bonds is 5. The first-order valence-corrected chi connectivity index (χ1v) is 12.8. The second kappa shape index (κ2) is 8.76. The van der Waals surface area contributed by atoms with Crippen LogP contribution in [0.3, 0.4) is 0 Å². The Kier molecular flexibility index (Phi) is 6.06. The van der Waals surface area contributed by atoms with Gasteiger partial charge in [-0.2, -0.15) is 0 Å². The fourth-order valence-electron chi connectivity index (χ4n) is 7.48. The SMILES string of the molecule is CC(C)OC[C@]1(O)CCC2C3CCC4=CC(=O)CCC4=C3[C@@H](c3ccc(/C=N/O)cc3)CC21C. The van der Waals surface area contributed by atoms with Gasteiger partial charge in [0.25, 0.3) is 0 Å². The normalized spacial score (nSPS) is 35.4. The summed E-state index contributed by atoms with van der Waals surface area (Å²) in [4.78, 5) is 12.2. The van der Waals surface area contributed by atoms with Crippen LogP contribution in [0.1, 0.15) is 82.8 Å². The molecule has 5 rings (SSSR count). The van der Waals surface area contributed by atoms with Crippen LogP contribution >= 0.6 is 0 Å². The quantitative estimate of drug-likeness (QED) is 0.341. The number of benzene rings is 1. The van der Waals surface area contributed by atoms with E-state index in [0.717, 1.165) is 44.1 Å². The van der Waals surface area contributed by atoms with Crippen LogP contribution in [0.25, 0.3) is 0 Å². The summed E-state index contributed by atoms with van der Waals surface area (Å²) in [5, 5.41) is 24.1. The Labute approximate surface area is 202 Å². The molecule has 4 aliphatic rings. The first-order valence-electron chi connectivity index (χ1n) is 12.8. The van der Waals surface area contributed by atoms with Crippen molar-refractivity contribution in [3.8, 4) is 0 Å². The van der Waals surface area contributed by atoms with Crippen molar-refractivity contribution in [2.45, 2.75) is 83.3 Å². The van der Waals surface area contributed by atoms with Gasteiger partial charge in [-0.15, -0.1) is 0 Å². The molecule has 34 heavy (non-hydrogen) atoms. The highest BCUT2D eigenvalue weighted by Gasteiger charge is 2.63. The van der Waals surface area contributed by atoms with Crippen LogP contribution in [0.2, 0.25) is 0 Å². The number of aliphatic hydroxyl groups is 1. The molecule has 0 amide bonds. The molecule has 1 aromatic carbocycles. The number of carbonyl (C=O) groups is 1. The van der Waals surface area contributed by atoms with Crippen LogP contribution in [0.5, 0.6) is 0 Å².